The Morgan fingerprint density at radius 3 is 2.53 bits per heavy atom. The van der Waals surface area contributed by atoms with Gasteiger partial charge in [-0.15, -0.1) is 0 Å². The number of aliphatic hydroxyl groups is 1. The van der Waals surface area contributed by atoms with Gasteiger partial charge in [0.1, 0.15) is 16.8 Å². The van der Waals surface area contributed by atoms with Gasteiger partial charge in [0, 0.05) is 0 Å². The number of benzene rings is 1. The summed E-state index contributed by atoms with van der Waals surface area (Å²) >= 11 is 3.47. The summed E-state index contributed by atoms with van der Waals surface area (Å²) in [6.07, 6.45) is 0. The van der Waals surface area contributed by atoms with Crippen molar-refractivity contribution in [1.82, 2.24) is 4.98 Å². The summed E-state index contributed by atoms with van der Waals surface area (Å²) in [5.41, 5.74) is 3.49. The lowest BCUT2D eigenvalue weighted by Gasteiger charge is -2.01. The lowest BCUT2D eigenvalue weighted by Crippen LogP contribution is -1.99. The number of aryl methyl sites for hydroxylation is 1. The van der Waals surface area contributed by atoms with Crippen LogP contribution in [0.15, 0.2) is 20.7 Å². The van der Waals surface area contributed by atoms with Crippen molar-refractivity contribution in [1.29, 1.82) is 0 Å². The van der Waals surface area contributed by atoms with E-state index in [0.717, 1.165) is 15.6 Å². The van der Waals surface area contributed by atoms with Crippen molar-refractivity contribution in [2.24, 2.45) is 0 Å². The number of fused-ring (bicyclic) bond motifs is 1. The molecule has 1 aromatic heterocycles. The highest BCUT2D eigenvalue weighted by Crippen LogP contribution is 2.32. The Balaban J connectivity index is 2.76. The molecular formula is C14H14BrNO3. The Labute approximate surface area is 119 Å². The van der Waals surface area contributed by atoms with Crippen LogP contribution in [0, 0.1) is 13.8 Å². The van der Waals surface area contributed by atoms with E-state index in [9.17, 15) is 9.90 Å². The third kappa shape index (κ3) is 2.30. The van der Waals surface area contributed by atoms with Gasteiger partial charge in [0.2, 0.25) is 5.89 Å². The van der Waals surface area contributed by atoms with Gasteiger partial charge in [-0.05, 0) is 60.8 Å². The summed E-state index contributed by atoms with van der Waals surface area (Å²) in [5.74, 6) is -0.229. The van der Waals surface area contributed by atoms with E-state index < -0.39 is 0 Å². The number of hydrogen-bond donors (Lipinski definition) is 1. The maximum atomic E-state index is 11.6. The number of rotatable bonds is 2. The average Bonchev–Trinajstić information content (AvgIpc) is 2.68. The Hall–Kier alpha value is -1.62. The number of nitrogens with zero attached hydrogens (tertiary/aromatic N) is 1. The van der Waals surface area contributed by atoms with Crippen molar-refractivity contribution in [2.45, 2.75) is 27.7 Å². The first-order chi connectivity index (χ1) is 8.82. The predicted octanol–water partition coefficient (Wildman–Crippen LogP) is 4.09. The fourth-order valence-corrected chi connectivity index (χ4v) is 2.51. The molecule has 0 amide bonds. The van der Waals surface area contributed by atoms with Crippen LogP contribution in [0.25, 0.3) is 16.7 Å². The van der Waals surface area contributed by atoms with Crippen molar-refractivity contribution in [3.63, 3.8) is 0 Å². The quantitative estimate of drug-likeness (QED) is 0.668. The van der Waals surface area contributed by atoms with E-state index >= 15 is 0 Å². The number of aromatic nitrogens is 1. The van der Waals surface area contributed by atoms with E-state index in [1.807, 2.05) is 19.9 Å². The van der Waals surface area contributed by atoms with E-state index in [1.54, 1.807) is 0 Å². The van der Waals surface area contributed by atoms with Crippen LogP contribution in [0.2, 0.25) is 0 Å². The first kappa shape index (κ1) is 13.8. The molecule has 0 unspecified atom stereocenters. The molecule has 100 valence electrons. The molecule has 0 aliphatic carbocycles. The minimum absolute atomic E-state index is 0.0939. The first-order valence-electron chi connectivity index (χ1n) is 5.80. The van der Waals surface area contributed by atoms with Crippen molar-refractivity contribution in [3.8, 4) is 0 Å². The van der Waals surface area contributed by atoms with E-state index in [0.29, 0.717) is 11.1 Å². The number of halogens is 1. The average molecular weight is 324 g/mol. The van der Waals surface area contributed by atoms with Crippen LogP contribution in [-0.4, -0.2) is 15.9 Å². The van der Waals surface area contributed by atoms with Crippen LogP contribution in [0.4, 0.5) is 0 Å². The molecule has 0 aliphatic heterocycles. The van der Waals surface area contributed by atoms with Crippen LogP contribution in [-0.2, 0) is 4.79 Å². The molecule has 2 aromatic rings. The van der Waals surface area contributed by atoms with E-state index in [1.165, 1.54) is 13.8 Å². The number of allylic oxidation sites excluding steroid dienone is 2. The van der Waals surface area contributed by atoms with E-state index in [4.69, 9.17) is 4.42 Å². The second kappa shape index (κ2) is 4.81. The summed E-state index contributed by atoms with van der Waals surface area (Å²) in [5, 5.41) is 9.59. The lowest BCUT2D eigenvalue weighted by molar-refractivity contribution is -0.112. The SMILES string of the molecule is CC(=O)/C(=C(/C)O)c1nc2cc(C)c(C)c(Br)c2o1. The zero-order valence-electron chi connectivity index (χ0n) is 11.2. The molecule has 0 saturated carbocycles. The third-order valence-corrected chi connectivity index (χ3v) is 4.01. The summed E-state index contributed by atoms with van der Waals surface area (Å²) in [6, 6.07) is 1.90. The first-order valence-corrected chi connectivity index (χ1v) is 6.59. The van der Waals surface area contributed by atoms with Crippen LogP contribution in [0.5, 0.6) is 0 Å². The van der Waals surface area contributed by atoms with Crippen LogP contribution in [0.3, 0.4) is 0 Å². The number of carbonyl (C=O) groups is 1. The summed E-state index contributed by atoms with van der Waals surface area (Å²) in [4.78, 5) is 15.8. The largest absolute Gasteiger partial charge is 0.512 e. The minimum atomic E-state index is -0.281. The molecule has 0 spiro atoms. The number of carbonyl (C=O) groups excluding carboxylic acids is 1. The smallest absolute Gasteiger partial charge is 0.234 e. The highest BCUT2D eigenvalue weighted by Gasteiger charge is 2.20. The fourth-order valence-electron chi connectivity index (χ4n) is 1.91. The van der Waals surface area contributed by atoms with Crippen LogP contribution in [0.1, 0.15) is 30.9 Å². The van der Waals surface area contributed by atoms with Gasteiger partial charge in [-0.2, -0.15) is 0 Å². The van der Waals surface area contributed by atoms with Gasteiger partial charge in [-0.25, -0.2) is 4.98 Å². The molecule has 19 heavy (non-hydrogen) atoms. The van der Waals surface area contributed by atoms with Crippen LogP contribution < -0.4 is 0 Å². The van der Waals surface area contributed by atoms with E-state index in [-0.39, 0.29) is 23.0 Å². The van der Waals surface area contributed by atoms with Crippen LogP contribution >= 0.6 is 15.9 Å². The predicted molar refractivity (Wildman–Crippen MR) is 77.1 cm³/mol. The zero-order chi connectivity index (χ0) is 14.3. The molecule has 4 nitrogen and oxygen atoms in total. The lowest BCUT2D eigenvalue weighted by atomic mass is 10.1. The van der Waals surface area contributed by atoms with Gasteiger partial charge in [0.15, 0.2) is 11.4 Å². The topological polar surface area (TPSA) is 63.3 Å². The normalized spacial score (nSPS) is 12.7. The molecule has 1 N–H and O–H groups in total. The number of Topliss-reactive ketones (excluding diaryl/α,β-unsaturated/α-hetero) is 1. The van der Waals surface area contributed by atoms with E-state index in [2.05, 4.69) is 20.9 Å². The number of ketones is 1. The Bertz CT molecular complexity index is 709. The molecule has 0 fully saturated rings. The molecular weight excluding hydrogens is 310 g/mol. The fraction of sp³-hybridized carbons (Fsp3) is 0.286. The zero-order valence-corrected chi connectivity index (χ0v) is 12.8. The van der Waals surface area contributed by atoms with Gasteiger partial charge in [-0.1, -0.05) is 0 Å². The summed E-state index contributed by atoms with van der Waals surface area (Å²) < 4.78 is 6.44. The third-order valence-electron chi connectivity index (χ3n) is 3.05. The number of hydrogen-bond acceptors (Lipinski definition) is 4. The number of oxazole rings is 1. The molecule has 0 saturated heterocycles. The molecule has 1 heterocycles. The highest BCUT2D eigenvalue weighted by atomic mass is 79.9. The molecule has 1 aromatic carbocycles. The van der Waals surface area contributed by atoms with Gasteiger partial charge in [-0.3, -0.25) is 4.79 Å². The molecule has 2 rings (SSSR count). The van der Waals surface area contributed by atoms with Crippen molar-refractivity contribution in [2.75, 3.05) is 0 Å². The van der Waals surface area contributed by atoms with Crippen molar-refractivity contribution in [3.05, 3.63) is 33.3 Å². The van der Waals surface area contributed by atoms with Gasteiger partial charge in [0.05, 0.1) is 4.47 Å². The molecule has 0 aliphatic rings. The van der Waals surface area contributed by atoms with Gasteiger partial charge < -0.3 is 9.52 Å². The molecule has 0 bridgehead atoms. The molecule has 0 radical (unpaired) electrons. The summed E-state index contributed by atoms with van der Waals surface area (Å²) in [6.45, 7) is 6.76. The van der Waals surface area contributed by atoms with Crippen molar-refractivity contribution >= 4 is 38.4 Å². The molecule has 0 atom stereocenters. The maximum absolute atomic E-state index is 11.6. The Kier molecular flexibility index (Phi) is 3.49. The monoisotopic (exact) mass is 323 g/mol. The number of aliphatic hydroxyl groups excluding tert-OH is 1. The second-order valence-electron chi connectivity index (χ2n) is 4.52. The van der Waals surface area contributed by atoms with Crippen molar-refractivity contribution < 1.29 is 14.3 Å². The maximum Gasteiger partial charge on any atom is 0.234 e. The Morgan fingerprint density at radius 2 is 2.00 bits per heavy atom. The standard InChI is InChI=1S/C14H14BrNO3/c1-6-5-10-13(12(15)7(6)2)19-14(16-10)11(8(3)17)9(4)18/h5,17H,1-4H3/b11-8+. The summed E-state index contributed by atoms with van der Waals surface area (Å²) in [7, 11) is 0. The second-order valence-corrected chi connectivity index (χ2v) is 5.31. The highest BCUT2D eigenvalue weighted by molar-refractivity contribution is 9.10. The molecule has 5 heteroatoms. The Morgan fingerprint density at radius 1 is 1.37 bits per heavy atom. The van der Waals surface area contributed by atoms with Gasteiger partial charge >= 0.3 is 0 Å². The minimum Gasteiger partial charge on any atom is -0.512 e. The van der Waals surface area contributed by atoms with Gasteiger partial charge in [0.25, 0.3) is 0 Å².